The molecule has 1 aliphatic heterocycles. The maximum atomic E-state index is 12.4. The van der Waals surface area contributed by atoms with Crippen LogP contribution >= 0.6 is 23.4 Å². The Morgan fingerprint density at radius 1 is 1.21 bits per heavy atom. The summed E-state index contributed by atoms with van der Waals surface area (Å²) in [6, 6.07) is 16.2. The summed E-state index contributed by atoms with van der Waals surface area (Å²) in [7, 11) is 0. The van der Waals surface area contributed by atoms with Crippen LogP contribution < -0.4 is 5.32 Å². The van der Waals surface area contributed by atoms with E-state index in [9.17, 15) is 4.79 Å². The number of nitrogens with zero attached hydrogens (tertiary/aromatic N) is 2. The van der Waals surface area contributed by atoms with Gasteiger partial charge in [-0.1, -0.05) is 53.7 Å². The third kappa shape index (κ3) is 4.69. The van der Waals surface area contributed by atoms with E-state index in [-0.39, 0.29) is 11.9 Å². The molecule has 2 heterocycles. The molecular weight excluding hydrogens is 394 g/mol. The van der Waals surface area contributed by atoms with Gasteiger partial charge in [0, 0.05) is 24.3 Å². The number of aromatic nitrogens is 2. The van der Waals surface area contributed by atoms with Gasteiger partial charge >= 0.3 is 0 Å². The zero-order valence-electron chi connectivity index (χ0n) is 15.4. The molecule has 5 nitrogen and oxygen atoms in total. The van der Waals surface area contributed by atoms with E-state index >= 15 is 0 Å². The number of carbonyl (C=O) groups excluding carboxylic acids is 1. The molecule has 0 saturated carbocycles. The average molecular weight is 416 g/mol. The van der Waals surface area contributed by atoms with Gasteiger partial charge in [-0.25, -0.2) is 4.98 Å². The first-order valence-electron chi connectivity index (χ1n) is 9.38. The van der Waals surface area contributed by atoms with E-state index in [1.807, 2.05) is 36.4 Å². The van der Waals surface area contributed by atoms with Crippen molar-refractivity contribution in [2.45, 2.75) is 30.6 Å². The number of benzene rings is 2. The second-order valence-corrected chi connectivity index (χ2v) is 8.22. The maximum Gasteiger partial charge on any atom is 0.230 e. The summed E-state index contributed by atoms with van der Waals surface area (Å²) < 4.78 is 7.49. The van der Waals surface area contributed by atoms with Crippen LogP contribution in [-0.4, -0.2) is 40.5 Å². The van der Waals surface area contributed by atoms with Crippen molar-refractivity contribution in [3.05, 3.63) is 59.1 Å². The van der Waals surface area contributed by atoms with Gasteiger partial charge in [-0.05, 0) is 36.6 Å². The first kappa shape index (κ1) is 19.3. The van der Waals surface area contributed by atoms with Gasteiger partial charge in [0.1, 0.15) is 0 Å². The Kier molecular flexibility index (Phi) is 6.20. The highest BCUT2D eigenvalue weighted by atomic mass is 35.5. The number of hydrogen-bond donors (Lipinski definition) is 1. The Bertz CT molecular complexity index is 955. The number of fused-ring (bicyclic) bond motifs is 1. The monoisotopic (exact) mass is 415 g/mol. The first-order chi connectivity index (χ1) is 13.7. The molecule has 3 aromatic rings. The van der Waals surface area contributed by atoms with Crippen LogP contribution in [0, 0.1) is 0 Å². The minimum atomic E-state index is 0.0354. The van der Waals surface area contributed by atoms with Crippen LogP contribution in [0.1, 0.15) is 18.4 Å². The first-order valence-corrected chi connectivity index (χ1v) is 10.7. The number of rotatable bonds is 6. The van der Waals surface area contributed by atoms with E-state index in [1.54, 1.807) is 0 Å². The van der Waals surface area contributed by atoms with Crippen molar-refractivity contribution in [2.75, 3.05) is 19.0 Å². The van der Waals surface area contributed by atoms with Crippen LogP contribution in [0.5, 0.6) is 0 Å². The number of amides is 1. The molecule has 1 N–H and O–H groups in total. The molecule has 1 aliphatic rings. The van der Waals surface area contributed by atoms with E-state index in [4.69, 9.17) is 21.3 Å². The summed E-state index contributed by atoms with van der Waals surface area (Å²) in [5, 5.41) is 4.58. The number of nitrogens with one attached hydrogen (secondary N) is 1. The van der Waals surface area contributed by atoms with Crippen LogP contribution in [-0.2, 0) is 16.1 Å². The van der Waals surface area contributed by atoms with Crippen molar-refractivity contribution in [1.82, 2.24) is 14.9 Å². The molecule has 1 fully saturated rings. The predicted octanol–water partition coefficient (Wildman–Crippen LogP) is 4.13. The van der Waals surface area contributed by atoms with Crippen LogP contribution in [0.25, 0.3) is 11.0 Å². The predicted molar refractivity (Wildman–Crippen MR) is 113 cm³/mol. The number of thioether (sulfide) groups is 1. The fourth-order valence-corrected chi connectivity index (χ4v) is 4.34. The van der Waals surface area contributed by atoms with Gasteiger partial charge in [0.25, 0.3) is 0 Å². The lowest BCUT2D eigenvalue weighted by atomic mass is 10.1. The molecule has 0 atom stereocenters. The van der Waals surface area contributed by atoms with Gasteiger partial charge in [0.05, 0.1) is 23.3 Å². The molecule has 0 bridgehead atoms. The molecule has 7 heteroatoms. The number of halogens is 1. The SMILES string of the molecule is O=C(CSc1nc2cc(Cl)ccc2n1Cc1ccccc1)NC1CCOCC1. The third-order valence-electron chi connectivity index (χ3n) is 4.78. The lowest BCUT2D eigenvalue weighted by Crippen LogP contribution is -2.39. The third-order valence-corrected chi connectivity index (χ3v) is 5.99. The Morgan fingerprint density at radius 3 is 2.79 bits per heavy atom. The minimum absolute atomic E-state index is 0.0354. The molecule has 1 amide bonds. The lowest BCUT2D eigenvalue weighted by Gasteiger charge is -2.23. The quantitative estimate of drug-likeness (QED) is 0.615. The molecule has 1 saturated heterocycles. The summed E-state index contributed by atoms with van der Waals surface area (Å²) in [4.78, 5) is 17.1. The Labute approximate surface area is 173 Å². The van der Waals surface area contributed by atoms with Crippen molar-refractivity contribution in [2.24, 2.45) is 0 Å². The summed E-state index contributed by atoms with van der Waals surface area (Å²) in [6.45, 7) is 2.13. The van der Waals surface area contributed by atoms with Crippen molar-refractivity contribution in [3.63, 3.8) is 0 Å². The highest BCUT2D eigenvalue weighted by molar-refractivity contribution is 7.99. The van der Waals surface area contributed by atoms with Crippen molar-refractivity contribution < 1.29 is 9.53 Å². The molecule has 0 spiro atoms. The summed E-state index contributed by atoms with van der Waals surface area (Å²) in [6.07, 6.45) is 1.75. The van der Waals surface area contributed by atoms with E-state index in [2.05, 4.69) is 22.0 Å². The summed E-state index contributed by atoms with van der Waals surface area (Å²) in [5.41, 5.74) is 3.04. The minimum Gasteiger partial charge on any atom is -0.381 e. The van der Waals surface area contributed by atoms with E-state index in [1.165, 1.54) is 17.3 Å². The summed E-state index contributed by atoms with van der Waals surface area (Å²) >= 11 is 7.61. The molecule has 1 aromatic heterocycles. The van der Waals surface area contributed by atoms with Crippen LogP contribution in [0.2, 0.25) is 5.02 Å². The van der Waals surface area contributed by atoms with Crippen LogP contribution in [0.15, 0.2) is 53.7 Å². The molecule has 0 aliphatic carbocycles. The normalized spacial score (nSPS) is 15.0. The second-order valence-electron chi connectivity index (χ2n) is 6.84. The van der Waals surface area contributed by atoms with Gasteiger partial charge in [0.15, 0.2) is 5.16 Å². The molecule has 2 aromatic carbocycles. The number of carbonyl (C=O) groups is 1. The number of ether oxygens (including phenoxy) is 1. The summed E-state index contributed by atoms with van der Waals surface area (Å²) in [5.74, 6) is 0.372. The van der Waals surface area contributed by atoms with Crippen LogP contribution in [0.3, 0.4) is 0 Å². The van der Waals surface area contributed by atoms with E-state index < -0.39 is 0 Å². The van der Waals surface area contributed by atoms with E-state index in [0.29, 0.717) is 30.5 Å². The Morgan fingerprint density at radius 2 is 2.00 bits per heavy atom. The number of imidazole rings is 1. The highest BCUT2D eigenvalue weighted by Gasteiger charge is 2.18. The maximum absolute atomic E-state index is 12.4. The smallest absolute Gasteiger partial charge is 0.230 e. The topological polar surface area (TPSA) is 56.2 Å². The number of hydrogen-bond acceptors (Lipinski definition) is 4. The van der Waals surface area contributed by atoms with Gasteiger partial charge < -0.3 is 14.6 Å². The van der Waals surface area contributed by atoms with Crippen molar-refractivity contribution in [3.8, 4) is 0 Å². The molecule has 4 rings (SSSR count). The second kappa shape index (κ2) is 8.99. The Balaban J connectivity index is 1.51. The fourth-order valence-electron chi connectivity index (χ4n) is 3.35. The standard InChI is InChI=1S/C21H22ClN3O2S/c22-16-6-7-19-18(12-16)24-21(25(19)13-15-4-2-1-3-5-15)28-14-20(26)23-17-8-10-27-11-9-17/h1-7,12,17H,8-11,13-14H2,(H,23,26). The Hall–Kier alpha value is -2.02. The largest absolute Gasteiger partial charge is 0.381 e. The van der Waals surface area contributed by atoms with E-state index in [0.717, 1.165) is 29.0 Å². The molecular formula is C21H22ClN3O2S. The lowest BCUT2D eigenvalue weighted by molar-refractivity contribution is -0.119. The molecule has 28 heavy (non-hydrogen) atoms. The van der Waals surface area contributed by atoms with Crippen LogP contribution in [0.4, 0.5) is 0 Å². The fraction of sp³-hybridized carbons (Fsp3) is 0.333. The van der Waals surface area contributed by atoms with Gasteiger partial charge in [-0.15, -0.1) is 0 Å². The highest BCUT2D eigenvalue weighted by Crippen LogP contribution is 2.27. The molecule has 146 valence electrons. The zero-order chi connectivity index (χ0) is 19.3. The van der Waals surface area contributed by atoms with Crippen molar-refractivity contribution >= 4 is 40.3 Å². The van der Waals surface area contributed by atoms with Gasteiger partial charge in [0.2, 0.25) is 5.91 Å². The van der Waals surface area contributed by atoms with Crippen molar-refractivity contribution in [1.29, 1.82) is 0 Å². The van der Waals surface area contributed by atoms with Gasteiger partial charge in [-0.2, -0.15) is 0 Å². The van der Waals surface area contributed by atoms with Gasteiger partial charge in [-0.3, -0.25) is 4.79 Å². The zero-order valence-corrected chi connectivity index (χ0v) is 17.0. The average Bonchev–Trinajstić information content (AvgIpc) is 3.04. The molecule has 0 radical (unpaired) electrons. The molecule has 0 unspecified atom stereocenters.